The monoisotopic (exact) mass is 246 g/mol. The molecule has 1 aromatic heterocycles. The quantitative estimate of drug-likeness (QED) is 0.901. The summed E-state index contributed by atoms with van der Waals surface area (Å²) in [5.74, 6) is -0.0405. The summed E-state index contributed by atoms with van der Waals surface area (Å²) in [7, 11) is 1.69. The molecule has 0 spiro atoms. The van der Waals surface area contributed by atoms with Crippen LogP contribution in [-0.2, 0) is 0 Å². The van der Waals surface area contributed by atoms with Crippen molar-refractivity contribution in [3.8, 4) is 5.75 Å². The number of hydrogen-bond donors (Lipinski definition) is 1. The molecule has 1 amide bonds. The average molecular weight is 246 g/mol. The van der Waals surface area contributed by atoms with E-state index < -0.39 is 0 Å². The lowest BCUT2D eigenvalue weighted by atomic mass is 10.1. The number of benzene rings is 1. The van der Waals surface area contributed by atoms with Crippen LogP contribution in [0.1, 0.15) is 29.0 Å². The van der Waals surface area contributed by atoms with E-state index in [9.17, 15) is 9.90 Å². The van der Waals surface area contributed by atoms with Crippen molar-refractivity contribution in [1.82, 2.24) is 10.1 Å². The Labute approximate surface area is 105 Å². The van der Waals surface area contributed by atoms with Gasteiger partial charge in [0.1, 0.15) is 12.0 Å². The summed E-state index contributed by atoms with van der Waals surface area (Å²) in [6, 6.07) is 8.19. The van der Waals surface area contributed by atoms with Gasteiger partial charge in [-0.2, -0.15) is 0 Å². The molecule has 0 aliphatic heterocycles. The van der Waals surface area contributed by atoms with Crippen LogP contribution in [0, 0.1) is 0 Å². The average Bonchev–Trinajstić information content (AvgIpc) is 2.90. The van der Waals surface area contributed by atoms with Crippen molar-refractivity contribution >= 4 is 5.91 Å². The lowest BCUT2D eigenvalue weighted by molar-refractivity contribution is 0.0732. The molecule has 2 aromatic rings. The summed E-state index contributed by atoms with van der Waals surface area (Å²) >= 11 is 0. The Morgan fingerprint density at radius 3 is 2.83 bits per heavy atom. The highest BCUT2D eigenvalue weighted by Crippen LogP contribution is 2.23. The molecule has 0 fully saturated rings. The molecule has 2 rings (SSSR count). The second kappa shape index (κ2) is 4.91. The number of amides is 1. The highest BCUT2D eigenvalue weighted by molar-refractivity contribution is 5.92. The van der Waals surface area contributed by atoms with Crippen molar-refractivity contribution in [2.24, 2.45) is 0 Å². The zero-order chi connectivity index (χ0) is 13.1. The van der Waals surface area contributed by atoms with Crippen molar-refractivity contribution in [2.45, 2.75) is 13.0 Å². The Morgan fingerprint density at radius 2 is 2.22 bits per heavy atom. The van der Waals surface area contributed by atoms with Crippen LogP contribution in [0.25, 0.3) is 0 Å². The first kappa shape index (κ1) is 12.2. The highest BCUT2D eigenvalue weighted by atomic mass is 16.5. The van der Waals surface area contributed by atoms with Gasteiger partial charge in [-0.1, -0.05) is 17.3 Å². The Hall–Kier alpha value is -2.30. The van der Waals surface area contributed by atoms with E-state index in [1.807, 2.05) is 13.0 Å². The van der Waals surface area contributed by atoms with Crippen LogP contribution in [0.3, 0.4) is 0 Å². The molecular formula is C13H14N2O3. The van der Waals surface area contributed by atoms with Gasteiger partial charge in [-0.05, 0) is 24.6 Å². The third-order valence-corrected chi connectivity index (χ3v) is 2.91. The topological polar surface area (TPSA) is 66.6 Å². The van der Waals surface area contributed by atoms with E-state index in [2.05, 4.69) is 9.68 Å². The van der Waals surface area contributed by atoms with E-state index in [0.29, 0.717) is 0 Å². The predicted molar refractivity (Wildman–Crippen MR) is 65.1 cm³/mol. The van der Waals surface area contributed by atoms with Crippen molar-refractivity contribution in [3.63, 3.8) is 0 Å². The minimum Gasteiger partial charge on any atom is -0.508 e. The SMILES string of the molecule is CC(c1cccc(O)c1)N(C)C(=O)c1ccon1. The molecule has 1 aromatic carbocycles. The van der Waals surface area contributed by atoms with Crippen molar-refractivity contribution in [2.75, 3.05) is 7.05 Å². The Morgan fingerprint density at radius 1 is 1.44 bits per heavy atom. The highest BCUT2D eigenvalue weighted by Gasteiger charge is 2.20. The fourth-order valence-corrected chi connectivity index (χ4v) is 1.69. The summed E-state index contributed by atoms with van der Waals surface area (Å²) in [6.45, 7) is 1.88. The molecule has 94 valence electrons. The van der Waals surface area contributed by atoms with Gasteiger partial charge in [0.25, 0.3) is 5.91 Å². The molecule has 0 radical (unpaired) electrons. The number of nitrogens with zero attached hydrogens (tertiary/aromatic N) is 2. The second-order valence-corrected chi connectivity index (χ2v) is 4.07. The number of rotatable bonds is 3. The Bertz CT molecular complexity index is 537. The van der Waals surface area contributed by atoms with E-state index >= 15 is 0 Å². The molecule has 18 heavy (non-hydrogen) atoms. The van der Waals surface area contributed by atoms with E-state index in [0.717, 1.165) is 5.56 Å². The van der Waals surface area contributed by atoms with Gasteiger partial charge in [0.2, 0.25) is 0 Å². The summed E-state index contributed by atoms with van der Waals surface area (Å²) in [6.07, 6.45) is 1.36. The normalized spacial score (nSPS) is 12.1. The predicted octanol–water partition coefficient (Wildman–Crippen LogP) is 2.21. The van der Waals surface area contributed by atoms with Crippen LogP contribution < -0.4 is 0 Å². The molecule has 0 aliphatic carbocycles. The van der Waals surface area contributed by atoms with Gasteiger partial charge in [0.15, 0.2) is 5.69 Å². The summed E-state index contributed by atoms with van der Waals surface area (Å²) in [5.41, 5.74) is 1.12. The van der Waals surface area contributed by atoms with Crippen molar-refractivity contribution in [1.29, 1.82) is 0 Å². The number of aromatic nitrogens is 1. The number of aromatic hydroxyl groups is 1. The molecule has 0 aliphatic rings. The fraction of sp³-hybridized carbons (Fsp3) is 0.231. The molecule has 1 N–H and O–H groups in total. The van der Waals surface area contributed by atoms with Gasteiger partial charge in [-0.15, -0.1) is 0 Å². The van der Waals surface area contributed by atoms with Gasteiger partial charge >= 0.3 is 0 Å². The number of phenolic OH excluding ortho intramolecular Hbond substituents is 1. The van der Waals surface area contributed by atoms with Gasteiger partial charge in [0, 0.05) is 13.1 Å². The van der Waals surface area contributed by atoms with Gasteiger partial charge in [-0.25, -0.2) is 0 Å². The third-order valence-electron chi connectivity index (χ3n) is 2.91. The summed E-state index contributed by atoms with van der Waals surface area (Å²) in [4.78, 5) is 13.6. The van der Waals surface area contributed by atoms with Crippen LogP contribution in [0.5, 0.6) is 5.75 Å². The zero-order valence-corrected chi connectivity index (χ0v) is 10.2. The third kappa shape index (κ3) is 2.34. The number of phenols is 1. The van der Waals surface area contributed by atoms with Crippen LogP contribution in [0.2, 0.25) is 0 Å². The van der Waals surface area contributed by atoms with Crippen LogP contribution >= 0.6 is 0 Å². The first-order valence-corrected chi connectivity index (χ1v) is 5.56. The summed E-state index contributed by atoms with van der Waals surface area (Å²) < 4.78 is 4.65. The molecule has 5 heteroatoms. The number of carbonyl (C=O) groups excluding carboxylic acids is 1. The van der Waals surface area contributed by atoms with Crippen molar-refractivity contribution < 1.29 is 14.4 Å². The van der Waals surface area contributed by atoms with E-state index in [-0.39, 0.29) is 23.4 Å². The van der Waals surface area contributed by atoms with E-state index in [4.69, 9.17) is 0 Å². The van der Waals surface area contributed by atoms with E-state index in [1.165, 1.54) is 12.3 Å². The molecule has 1 unspecified atom stereocenters. The lowest BCUT2D eigenvalue weighted by Gasteiger charge is -2.24. The maximum absolute atomic E-state index is 12.0. The zero-order valence-electron chi connectivity index (χ0n) is 10.2. The summed E-state index contributed by atoms with van der Waals surface area (Å²) in [5, 5.41) is 13.1. The largest absolute Gasteiger partial charge is 0.508 e. The Kier molecular flexibility index (Phi) is 3.32. The second-order valence-electron chi connectivity index (χ2n) is 4.07. The minimum absolute atomic E-state index is 0.165. The molecule has 1 atom stereocenters. The van der Waals surface area contributed by atoms with Gasteiger partial charge < -0.3 is 14.5 Å². The number of carbonyl (C=O) groups is 1. The standard InChI is InChI=1S/C13H14N2O3/c1-9(10-4-3-5-11(16)8-10)15(2)13(17)12-6-7-18-14-12/h3-9,16H,1-2H3. The van der Waals surface area contributed by atoms with Gasteiger partial charge in [-0.3, -0.25) is 4.79 Å². The molecular weight excluding hydrogens is 232 g/mol. The number of hydrogen-bond acceptors (Lipinski definition) is 4. The maximum atomic E-state index is 12.0. The first-order chi connectivity index (χ1) is 8.59. The minimum atomic E-state index is -0.223. The molecule has 0 saturated heterocycles. The maximum Gasteiger partial charge on any atom is 0.276 e. The van der Waals surface area contributed by atoms with Gasteiger partial charge in [0.05, 0.1) is 6.04 Å². The fourth-order valence-electron chi connectivity index (χ4n) is 1.69. The molecule has 1 heterocycles. The Balaban J connectivity index is 2.18. The van der Waals surface area contributed by atoms with Crippen molar-refractivity contribution in [3.05, 3.63) is 47.9 Å². The molecule has 5 nitrogen and oxygen atoms in total. The lowest BCUT2D eigenvalue weighted by Crippen LogP contribution is -2.29. The van der Waals surface area contributed by atoms with E-state index in [1.54, 1.807) is 30.1 Å². The molecule has 0 saturated carbocycles. The van der Waals surface area contributed by atoms with Crippen LogP contribution in [-0.4, -0.2) is 28.1 Å². The van der Waals surface area contributed by atoms with Crippen LogP contribution in [0.15, 0.2) is 41.1 Å². The first-order valence-electron chi connectivity index (χ1n) is 5.56. The molecule has 0 bridgehead atoms. The smallest absolute Gasteiger partial charge is 0.276 e. The van der Waals surface area contributed by atoms with Crippen LogP contribution in [0.4, 0.5) is 0 Å².